The molecule has 0 radical (unpaired) electrons. The Bertz CT molecular complexity index is 694. The highest BCUT2D eigenvalue weighted by Crippen LogP contribution is 2.35. The Kier molecular flexibility index (Phi) is 5.41. The van der Waals surface area contributed by atoms with Crippen molar-refractivity contribution in [2.45, 2.75) is 6.92 Å². The molecule has 0 bridgehead atoms. The van der Waals surface area contributed by atoms with Crippen LogP contribution >= 0.6 is 23.8 Å². The van der Waals surface area contributed by atoms with Crippen LogP contribution in [-0.2, 0) is 0 Å². The Morgan fingerprint density at radius 3 is 2.50 bits per heavy atom. The van der Waals surface area contributed by atoms with Crippen molar-refractivity contribution >= 4 is 40.4 Å². The van der Waals surface area contributed by atoms with Gasteiger partial charge in [0, 0.05) is 17.8 Å². The number of hydrogen-bond donors (Lipinski definition) is 2. The van der Waals surface area contributed by atoms with E-state index in [2.05, 4.69) is 15.6 Å². The molecule has 1 aromatic carbocycles. The Hall–Kier alpha value is -2.05. The van der Waals surface area contributed by atoms with Gasteiger partial charge in [0.1, 0.15) is 17.3 Å². The number of anilines is 2. The summed E-state index contributed by atoms with van der Waals surface area (Å²) in [5, 5.41) is 6.91. The first kappa shape index (κ1) is 16.3. The summed E-state index contributed by atoms with van der Waals surface area (Å²) in [4.78, 5) is 4.33. The van der Waals surface area contributed by atoms with E-state index < -0.39 is 0 Å². The van der Waals surface area contributed by atoms with E-state index in [0.717, 1.165) is 5.69 Å². The Morgan fingerprint density at radius 1 is 1.14 bits per heavy atom. The summed E-state index contributed by atoms with van der Waals surface area (Å²) in [5.41, 5.74) is 1.55. The topological polar surface area (TPSA) is 55.4 Å². The maximum Gasteiger partial charge on any atom is 0.176 e. The van der Waals surface area contributed by atoms with Crippen LogP contribution in [0, 0.1) is 6.92 Å². The lowest BCUT2D eigenvalue weighted by atomic mass is 10.2. The average Bonchev–Trinajstić information content (AvgIpc) is 2.48. The van der Waals surface area contributed by atoms with Gasteiger partial charge in [-0.3, -0.25) is 0 Å². The molecule has 0 unspecified atom stereocenters. The number of halogens is 1. The molecule has 2 N–H and O–H groups in total. The molecule has 1 aromatic heterocycles. The highest BCUT2D eigenvalue weighted by molar-refractivity contribution is 7.80. The van der Waals surface area contributed by atoms with E-state index in [-0.39, 0.29) is 0 Å². The minimum Gasteiger partial charge on any atom is -0.495 e. The van der Waals surface area contributed by atoms with E-state index in [4.69, 9.17) is 33.3 Å². The number of thiocarbonyl (C=S) groups is 1. The summed E-state index contributed by atoms with van der Waals surface area (Å²) in [6.45, 7) is 1.91. The van der Waals surface area contributed by atoms with Gasteiger partial charge in [-0.15, -0.1) is 0 Å². The van der Waals surface area contributed by atoms with E-state index in [9.17, 15) is 0 Å². The Morgan fingerprint density at radius 2 is 1.86 bits per heavy atom. The monoisotopic (exact) mass is 337 g/mol. The van der Waals surface area contributed by atoms with Crippen LogP contribution in [0.4, 0.5) is 11.5 Å². The van der Waals surface area contributed by atoms with Gasteiger partial charge in [0.15, 0.2) is 5.11 Å². The molecular formula is C15H16ClN3O2S. The fourth-order valence-electron chi connectivity index (χ4n) is 1.84. The molecular weight excluding hydrogens is 322 g/mol. The van der Waals surface area contributed by atoms with Crippen LogP contribution in [0.15, 0.2) is 30.3 Å². The van der Waals surface area contributed by atoms with Crippen molar-refractivity contribution in [1.82, 2.24) is 4.98 Å². The molecule has 116 valence electrons. The van der Waals surface area contributed by atoms with Gasteiger partial charge in [0.2, 0.25) is 0 Å². The van der Waals surface area contributed by atoms with Crippen molar-refractivity contribution in [1.29, 1.82) is 0 Å². The molecule has 1 heterocycles. The second-order valence-electron chi connectivity index (χ2n) is 4.43. The number of benzene rings is 1. The van der Waals surface area contributed by atoms with Crippen LogP contribution in [0.3, 0.4) is 0 Å². The summed E-state index contributed by atoms with van der Waals surface area (Å²) in [6.07, 6.45) is 0. The summed E-state index contributed by atoms with van der Waals surface area (Å²) in [7, 11) is 3.10. The van der Waals surface area contributed by atoms with E-state index in [1.165, 1.54) is 0 Å². The molecule has 0 saturated heterocycles. The van der Waals surface area contributed by atoms with Gasteiger partial charge in [-0.2, -0.15) is 0 Å². The van der Waals surface area contributed by atoms with Crippen molar-refractivity contribution in [2.24, 2.45) is 0 Å². The van der Waals surface area contributed by atoms with E-state index >= 15 is 0 Å². The summed E-state index contributed by atoms with van der Waals surface area (Å²) in [6, 6.07) is 9.03. The third kappa shape index (κ3) is 3.99. The van der Waals surface area contributed by atoms with Gasteiger partial charge in [-0.05, 0) is 31.3 Å². The van der Waals surface area contributed by atoms with Gasteiger partial charge in [0.25, 0.3) is 0 Å². The first-order valence-electron chi connectivity index (χ1n) is 6.46. The number of nitrogens with zero attached hydrogens (tertiary/aromatic N) is 1. The number of aryl methyl sites for hydroxylation is 1. The molecule has 0 aliphatic carbocycles. The number of nitrogens with one attached hydrogen (secondary N) is 2. The smallest absolute Gasteiger partial charge is 0.176 e. The molecule has 7 heteroatoms. The van der Waals surface area contributed by atoms with Crippen LogP contribution in [0.2, 0.25) is 5.02 Å². The van der Waals surface area contributed by atoms with Crippen molar-refractivity contribution in [2.75, 3.05) is 24.9 Å². The zero-order chi connectivity index (χ0) is 16.1. The number of hydrogen-bond acceptors (Lipinski definition) is 4. The lowest BCUT2D eigenvalue weighted by Gasteiger charge is -2.15. The molecule has 2 aromatic rings. The van der Waals surface area contributed by atoms with E-state index in [0.29, 0.717) is 33.1 Å². The largest absolute Gasteiger partial charge is 0.495 e. The SMILES string of the molecule is COc1cc(NC(=S)Nc2cccc(C)n2)c(OC)cc1Cl. The fraction of sp³-hybridized carbons (Fsp3) is 0.200. The first-order chi connectivity index (χ1) is 10.5. The standard InChI is InChI=1S/C15H16ClN3O2S/c1-9-5-4-6-14(17-9)19-15(22)18-11-8-12(20-2)10(16)7-13(11)21-3/h4-8H,1-3H3,(H2,17,18,19,22). The molecule has 0 amide bonds. The predicted molar refractivity (Wildman–Crippen MR) is 93.4 cm³/mol. The van der Waals surface area contributed by atoms with Crippen molar-refractivity contribution < 1.29 is 9.47 Å². The van der Waals surface area contributed by atoms with Crippen LogP contribution < -0.4 is 20.1 Å². The minimum atomic E-state index is 0.390. The lowest BCUT2D eigenvalue weighted by molar-refractivity contribution is 0.405. The van der Waals surface area contributed by atoms with Gasteiger partial charge < -0.3 is 20.1 Å². The van der Waals surface area contributed by atoms with Crippen LogP contribution in [0.5, 0.6) is 11.5 Å². The number of ether oxygens (including phenoxy) is 2. The third-order valence-corrected chi connectivity index (χ3v) is 3.35. The first-order valence-corrected chi connectivity index (χ1v) is 7.25. The number of pyridine rings is 1. The lowest BCUT2D eigenvalue weighted by Crippen LogP contribution is -2.20. The van der Waals surface area contributed by atoms with Gasteiger partial charge >= 0.3 is 0 Å². The quantitative estimate of drug-likeness (QED) is 0.826. The zero-order valence-corrected chi connectivity index (χ0v) is 14.0. The summed E-state index contributed by atoms with van der Waals surface area (Å²) in [5.74, 6) is 1.76. The van der Waals surface area contributed by atoms with Gasteiger partial charge in [-0.1, -0.05) is 17.7 Å². The highest BCUT2D eigenvalue weighted by atomic mass is 35.5. The van der Waals surface area contributed by atoms with E-state index in [1.807, 2.05) is 25.1 Å². The molecule has 0 aliphatic rings. The van der Waals surface area contributed by atoms with Gasteiger partial charge in [0.05, 0.1) is 24.9 Å². The average molecular weight is 338 g/mol. The molecule has 0 atom stereocenters. The molecule has 0 saturated carbocycles. The second kappa shape index (κ2) is 7.29. The summed E-state index contributed by atoms with van der Waals surface area (Å²) >= 11 is 11.4. The molecule has 0 aliphatic heterocycles. The maximum absolute atomic E-state index is 6.07. The molecule has 5 nitrogen and oxygen atoms in total. The van der Waals surface area contributed by atoms with Crippen LogP contribution in [-0.4, -0.2) is 24.3 Å². The second-order valence-corrected chi connectivity index (χ2v) is 5.25. The molecule has 0 spiro atoms. The normalized spacial score (nSPS) is 10.0. The number of aromatic nitrogens is 1. The number of rotatable bonds is 4. The van der Waals surface area contributed by atoms with E-state index in [1.54, 1.807) is 26.4 Å². The minimum absolute atomic E-state index is 0.390. The predicted octanol–water partition coefficient (Wildman–Crippen LogP) is 3.87. The third-order valence-electron chi connectivity index (χ3n) is 2.85. The fourth-order valence-corrected chi connectivity index (χ4v) is 2.29. The van der Waals surface area contributed by atoms with Crippen molar-refractivity contribution in [3.63, 3.8) is 0 Å². The van der Waals surface area contributed by atoms with Gasteiger partial charge in [-0.25, -0.2) is 4.98 Å². The van der Waals surface area contributed by atoms with Crippen LogP contribution in [0.25, 0.3) is 0 Å². The molecule has 2 rings (SSSR count). The highest BCUT2D eigenvalue weighted by Gasteiger charge is 2.11. The Balaban J connectivity index is 2.17. The zero-order valence-electron chi connectivity index (χ0n) is 12.4. The number of methoxy groups -OCH3 is 2. The summed E-state index contributed by atoms with van der Waals surface area (Å²) < 4.78 is 10.5. The molecule has 0 fully saturated rings. The Labute approximate surface area is 139 Å². The maximum atomic E-state index is 6.07. The van der Waals surface area contributed by atoms with Crippen LogP contribution in [0.1, 0.15) is 5.69 Å². The molecule has 22 heavy (non-hydrogen) atoms. The van der Waals surface area contributed by atoms with Crippen molar-refractivity contribution in [3.8, 4) is 11.5 Å². The van der Waals surface area contributed by atoms with Crippen molar-refractivity contribution in [3.05, 3.63) is 41.0 Å².